The van der Waals surface area contributed by atoms with E-state index in [0.29, 0.717) is 24.1 Å². The summed E-state index contributed by atoms with van der Waals surface area (Å²) in [6.07, 6.45) is 4.83. The molecule has 1 N–H and O–H groups in total. The summed E-state index contributed by atoms with van der Waals surface area (Å²) in [7, 11) is 1.88. The highest BCUT2D eigenvalue weighted by molar-refractivity contribution is 6.21. The second-order valence-electron chi connectivity index (χ2n) is 9.71. The summed E-state index contributed by atoms with van der Waals surface area (Å²) >= 11 is 0. The lowest BCUT2D eigenvalue weighted by atomic mass is 9.82. The number of hydrogen-bond donors (Lipinski definition) is 1. The summed E-state index contributed by atoms with van der Waals surface area (Å²) in [5, 5.41) is 9.34. The van der Waals surface area contributed by atoms with E-state index in [0.717, 1.165) is 56.2 Å². The number of esters is 1. The van der Waals surface area contributed by atoms with Crippen LogP contribution in [0.15, 0.2) is 47.2 Å². The molecule has 4 heterocycles. The van der Waals surface area contributed by atoms with Crippen molar-refractivity contribution in [1.29, 1.82) is 0 Å². The van der Waals surface area contributed by atoms with E-state index in [2.05, 4.69) is 10.4 Å². The van der Waals surface area contributed by atoms with E-state index in [9.17, 15) is 14.4 Å². The van der Waals surface area contributed by atoms with Crippen LogP contribution in [-0.4, -0.2) is 38.6 Å². The average Bonchev–Trinajstić information content (AvgIpc) is 3.69. The van der Waals surface area contributed by atoms with Gasteiger partial charge in [-0.05, 0) is 61.2 Å². The van der Waals surface area contributed by atoms with E-state index < -0.39 is 0 Å². The summed E-state index contributed by atoms with van der Waals surface area (Å²) in [6, 6.07) is 8.78. The fraction of sp³-hybridized carbons (Fsp3) is 0.241. The van der Waals surface area contributed by atoms with Crippen LogP contribution in [0.2, 0.25) is 0 Å². The molecule has 0 saturated carbocycles. The standard InChI is InChI=1S/C29H24N4O5/c1-3-37-23(34)14-33-21-9-6-15(28(35)22-5-4-10-38-22)11-17(21)25-18-12-30-29(36)26(18)24-16(27(25)33)7-8-20-19(24)13-32(2)31-20/h4-6,9-11,13H,3,7-8,12,14H2,1-2H3,(H,30,36). The zero-order valence-electron chi connectivity index (χ0n) is 21.0. The maximum Gasteiger partial charge on any atom is 0.325 e. The molecule has 0 atom stereocenters. The molecule has 9 nitrogen and oxygen atoms in total. The summed E-state index contributed by atoms with van der Waals surface area (Å²) in [6.45, 7) is 2.45. The predicted octanol–water partition coefficient (Wildman–Crippen LogP) is 3.92. The van der Waals surface area contributed by atoms with Crippen molar-refractivity contribution in [1.82, 2.24) is 19.7 Å². The van der Waals surface area contributed by atoms with Gasteiger partial charge in [-0.2, -0.15) is 5.10 Å². The molecule has 9 heteroatoms. The smallest absolute Gasteiger partial charge is 0.325 e. The molecular weight excluding hydrogens is 484 g/mol. The third kappa shape index (κ3) is 3.11. The predicted molar refractivity (Wildman–Crippen MR) is 139 cm³/mol. The molecule has 0 unspecified atom stereocenters. The Morgan fingerprint density at radius 2 is 2.03 bits per heavy atom. The van der Waals surface area contributed by atoms with Crippen LogP contribution in [0.3, 0.4) is 0 Å². The minimum Gasteiger partial charge on any atom is -0.465 e. The Kier molecular flexibility index (Phi) is 4.85. The van der Waals surface area contributed by atoms with Gasteiger partial charge in [0.25, 0.3) is 5.91 Å². The van der Waals surface area contributed by atoms with Crippen LogP contribution in [0.5, 0.6) is 0 Å². The Morgan fingerprint density at radius 1 is 1.16 bits per heavy atom. The molecule has 0 radical (unpaired) electrons. The quantitative estimate of drug-likeness (QED) is 0.285. The Hall–Kier alpha value is -4.66. The Bertz CT molecular complexity index is 1820. The highest BCUT2D eigenvalue weighted by Crippen LogP contribution is 2.46. The average molecular weight is 509 g/mol. The number of aromatic nitrogens is 3. The number of amides is 1. The van der Waals surface area contributed by atoms with Crippen LogP contribution < -0.4 is 5.32 Å². The van der Waals surface area contributed by atoms with Crippen LogP contribution in [0.25, 0.3) is 32.9 Å². The van der Waals surface area contributed by atoms with Gasteiger partial charge < -0.3 is 19.0 Å². The number of carbonyl (C=O) groups excluding carboxylic acids is 3. The summed E-state index contributed by atoms with van der Waals surface area (Å²) in [5.74, 6) is -0.442. The van der Waals surface area contributed by atoms with Gasteiger partial charge >= 0.3 is 5.97 Å². The second kappa shape index (κ2) is 8.17. The van der Waals surface area contributed by atoms with Crippen molar-refractivity contribution < 1.29 is 23.5 Å². The highest BCUT2D eigenvalue weighted by Gasteiger charge is 2.35. The third-order valence-corrected chi connectivity index (χ3v) is 7.54. The van der Waals surface area contributed by atoms with Crippen molar-refractivity contribution in [3.05, 3.63) is 76.5 Å². The van der Waals surface area contributed by atoms with Crippen molar-refractivity contribution in [2.45, 2.75) is 32.9 Å². The number of rotatable bonds is 5. The number of benzene rings is 2. The lowest BCUT2D eigenvalue weighted by Gasteiger charge is -2.21. The molecule has 1 aliphatic heterocycles. The van der Waals surface area contributed by atoms with E-state index in [1.165, 1.54) is 6.26 Å². The second-order valence-corrected chi connectivity index (χ2v) is 9.71. The third-order valence-electron chi connectivity index (χ3n) is 7.54. The lowest BCUT2D eigenvalue weighted by Crippen LogP contribution is -2.17. The van der Waals surface area contributed by atoms with Gasteiger partial charge in [0.05, 0.1) is 29.6 Å². The molecule has 0 spiro atoms. The molecule has 0 fully saturated rings. The number of furan rings is 1. The molecule has 5 aromatic rings. The molecule has 2 aromatic carbocycles. The van der Waals surface area contributed by atoms with Gasteiger partial charge in [0.15, 0.2) is 5.76 Å². The fourth-order valence-electron chi connectivity index (χ4n) is 6.11. The first kappa shape index (κ1) is 22.5. The number of nitrogens with zero attached hydrogens (tertiary/aromatic N) is 3. The minimum atomic E-state index is -0.344. The number of fused-ring (bicyclic) bond motifs is 10. The maximum atomic E-state index is 13.2. The lowest BCUT2D eigenvalue weighted by molar-refractivity contribution is -0.143. The van der Waals surface area contributed by atoms with Gasteiger partial charge in [-0.25, -0.2) is 0 Å². The Labute approximate surface area is 217 Å². The van der Waals surface area contributed by atoms with Crippen molar-refractivity contribution in [2.24, 2.45) is 7.05 Å². The van der Waals surface area contributed by atoms with E-state index >= 15 is 0 Å². The van der Waals surface area contributed by atoms with Crippen LogP contribution in [0.1, 0.15) is 50.2 Å². The molecule has 1 aliphatic carbocycles. The van der Waals surface area contributed by atoms with Crippen molar-refractivity contribution in [3.63, 3.8) is 0 Å². The molecule has 0 saturated heterocycles. The summed E-state index contributed by atoms with van der Waals surface area (Å²) < 4.78 is 14.4. The van der Waals surface area contributed by atoms with Crippen LogP contribution in [0, 0.1) is 0 Å². The number of nitrogens with one attached hydrogen (secondary N) is 1. The van der Waals surface area contributed by atoms with Gasteiger partial charge in [-0.15, -0.1) is 0 Å². The molecule has 0 bridgehead atoms. The molecule has 38 heavy (non-hydrogen) atoms. The van der Waals surface area contributed by atoms with Crippen LogP contribution in [-0.2, 0) is 42.5 Å². The Balaban J connectivity index is 1.59. The highest BCUT2D eigenvalue weighted by atomic mass is 16.5. The van der Waals surface area contributed by atoms with Gasteiger partial charge in [0, 0.05) is 52.8 Å². The zero-order valence-corrected chi connectivity index (χ0v) is 21.0. The summed E-state index contributed by atoms with van der Waals surface area (Å²) in [5.41, 5.74) is 7.50. The molecular formula is C29H24N4O5. The van der Waals surface area contributed by atoms with Gasteiger partial charge in [-0.3, -0.25) is 19.1 Å². The fourth-order valence-corrected chi connectivity index (χ4v) is 6.11. The van der Waals surface area contributed by atoms with E-state index in [1.54, 1.807) is 29.8 Å². The van der Waals surface area contributed by atoms with Crippen molar-refractivity contribution in [3.8, 4) is 11.1 Å². The first-order chi connectivity index (χ1) is 18.5. The van der Waals surface area contributed by atoms with Gasteiger partial charge in [0.1, 0.15) is 6.54 Å². The molecule has 2 aliphatic rings. The first-order valence-corrected chi connectivity index (χ1v) is 12.6. The summed E-state index contributed by atoms with van der Waals surface area (Å²) in [4.78, 5) is 39.2. The van der Waals surface area contributed by atoms with E-state index in [4.69, 9.17) is 9.15 Å². The SMILES string of the molecule is CCOC(=O)Cn1c2ccc(C(=O)c3ccco3)cc2c2c3c(c4c(c21)CCc1nn(C)cc1-4)C(=O)NC3. The molecule has 190 valence electrons. The monoisotopic (exact) mass is 508 g/mol. The van der Waals surface area contributed by atoms with E-state index in [1.807, 2.05) is 29.9 Å². The molecule has 3 aromatic heterocycles. The zero-order chi connectivity index (χ0) is 26.1. The van der Waals surface area contributed by atoms with Crippen molar-refractivity contribution in [2.75, 3.05) is 6.61 Å². The van der Waals surface area contributed by atoms with Gasteiger partial charge in [-0.1, -0.05) is 0 Å². The minimum absolute atomic E-state index is 0.0197. The number of ether oxygens (including phenoxy) is 1. The van der Waals surface area contributed by atoms with Crippen LogP contribution >= 0.6 is 0 Å². The first-order valence-electron chi connectivity index (χ1n) is 12.6. The van der Waals surface area contributed by atoms with E-state index in [-0.39, 0.29) is 36.6 Å². The normalized spacial score (nSPS) is 13.9. The van der Waals surface area contributed by atoms with Gasteiger partial charge in [0.2, 0.25) is 5.78 Å². The number of carbonyl (C=O) groups is 3. The molecule has 1 amide bonds. The number of hydrogen-bond acceptors (Lipinski definition) is 6. The topological polar surface area (TPSA) is 108 Å². The Morgan fingerprint density at radius 3 is 2.82 bits per heavy atom. The largest absolute Gasteiger partial charge is 0.465 e. The number of aryl methyl sites for hydroxylation is 3. The maximum absolute atomic E-state index is 13.2. The van der Waals surface area contributed by atoms with Crippen molar-refractivity contribution >= 4 is 39.5 Å². The van der Waals surface area contributed by atoms with Crippen LogP contribution in [0.4, 0.5) is 0 Å². The molecule has 7 rings (SSSR count). The number of ketones is 1.